The number of hydrogen-bond acceptors (Lipinski definition) is 3. The SMILES string of the molecule is C[C@H](Oc1cccc(Cl)c1)C(=O)NC1(C#N)CCCCC1. The second-order valence-corrected chi connectivity index (χ2v) is 5.90. The van der Waals surface area contributed by atoms with E-state index in [0.717, 1.165) is 19.3 Å². The van der Waals surface area contributed by atoms with Gasteiger partial charge in [0.15, 0.2) is 6.10 Å². The Balaban J connectivity index is 1.97. The van der Waals surface area contributed by atoms with E-state index in [1.807, 2.05) is 0 Å². The lowest BCUT2D eigenvalue weighted by Gasteiger charge is -2.32. The van der Waals surface area contributed by atoms with E-state index in [0.29, 0.717) is 23.6 Å². The molecule has 1 aliphatic rings. The van der Waals surface area contributed by atoms with Crippen LogP contribution >= 0.6 is 11.6 Å². The summed E-state index contributed by atoms with van der Waals surface area (Å²) in [6.07, 6.45) is 3.80. The number of hydrogen-bond donors (Lipinski definition) is 1. The highest BCUT2D eigenvalue weighted by atomic mass is 35.5. The lowest BCUT2D eigenvalue weighted by atomic mass is 9.83. The summed E-state index contributed by atoms with van der Waals surface area (Å²) in [4.78, 5) is 12.2. The van der Waals surface area contributed by atoms with Crippen molar-refractivity contribution in [1.29, 1.82) is 5.26 Å². The van der Waals surface area contributed by atoms with Crippen LogP contribution in [0.2, 0.25) is 5.02 Å². The number of rotatable bonds is 4. The third-order valence-corrected chi connectivity index (χ3v) is 4.00. The smallest absolute Gasteiger partial charge is 0.262 e. The molecule has 1 aliphatic carbocycles. The maximum atomic E-state index is 12.2. The number of benzene rings is 1. The van der Waals surface area contributed by atoms with E-state index in [1.54, 1.807) is 31.2 Å². The molecule has 1 N–H and O–H groups in total. The van der Waals surface area contributed by atoms with Crippen LogP contribution in [-0.4, -0.2) is 17.6 Å². The summed E-state index contributed by atoms with van der Waals surface area (Å²) >= 11 is 5.88. The van der Waals surface area contributed by atoms with Crippen LogP contribution in [0.4, 0.5) is 0 Å². The molecule has 1 aromatic rings. The highest BCUT2D eigenvalue weighted by molar-refractivity contribution is 6.30. The van der Waals surface area contributed by atoms with Gasteiger partial charge in [-0.3, -0.25) is 4.79 Å². The Bertz CT molecular complexity index is 547. The summed E-state index contributed by atoms with van der Waals surface area (Å²) in [6, 6.07) is 9.18. The molecular weight excluding hydrogens is 288 g/mol. The van der Waals surface area contributed by atoms with Crippen molar-refractivity contribution in [2.24, 2.45) is 0 Å². The monoisotopic (exact) mass is 306 g/mol. The molecule has 1 amide bonds. The second-order valence-electron chi connectivity index (χ2n) is 5.46. The van der Waals surface area contributed by atoms with E-state index >= 15 is 0 Å². The second kappa shape index (κ2) is 6.82. The molecular formula is C16H19ClN2O2. The zero-order chi connectivity index (χ0) is 15.3. The quantitative estimate of drug-likeness (QED) is 0.926. The van der Waals surface area contributed by atoms with Crippen molar-refractivity contribution in [3.05, 3.63) is 29.3 Å². The summed E-state index contributed by atoms with van der Waals surface area (Å²) in [6.45, 7) is 1.67. The Morgan fingerprint density at radius 1 is 1.43 bits per heavy atom. The Labute approximate surface area is 130 Å². The van der Waals surface area contributed by atoms with Crippen molar-refractivity contribution < 1.29 is 9.53 Å². The molecule has 21 heavy (non-hydrogen) atoms. The molecule has 0 radical (unpaired) electrons. The van der Waals surface area contributed by atoms with E-state index in [4.69, 9.17) is 16.3 Å². The number of nitrogens with one attached hydrogen (secondary N) is 1. The van der Waals surface area contributed by atoms with E-state index in [9.17, 15) is 10.1 Å². The molecule has 1 atom stereocenters. The van der Waals surface area contributed by atoms with Crippen molar-refractivity contribution >= 4 is 17.5 Å². The molecule has 5 heteroatoms. The number of nitrogens with zero attached hydrogens (tertiary/aromatic N) is 1. The van der Waals surface area contributed by atoms with Gasteiger partial charge in [-0.1, -0.05) is 36.9 Å². The third kappa shape index (κ3) is 4.12. The number of carbonyl (C=O) groups excluding carboxylic acids is 1. The van der Waals surface area contributed by atoms with Gasteiger partial charge in [0.25, 0.3) is 5.91 Å². The maximum absolute atomic E-state index is 12.2. The van der Waals surface area contributed by atoms with Gasteiger partial charge in [0.1, 0.15) is 11.3 Å². The molecule has 1 aromatic carbocycles. The molecule has 0 saturated heterocycles. The molecule has 0 heterocycles. The number of ether oxygens (including phenoxy) is 1. The number of amides is 1. The molecule has 4 nitrogen and oxygen atoms in total. The fraction of sp³-hybridized carbons (Fsp3) is 0.500. The zero-order valence-corrected chi connectivity index (χ0v) is 12.8. The number of carbonyl (C=O) groups is 1. The first-order valence-electron chi connectivity index (χ1n) is 7.20. The minimum Gasteiger partial charge on any atom is -0.481 e. The molecule has 0 unspecified atom stereocenters. The fourth-order valence-electron chi connectivity index (χ4n) is 2.56. The molecule has 2 rings (SSSR count). The number of halogens is 1. The molecule has 112 valence electrons. The van der Waals surface area contributed by atoms with Crippen molar-refractivity contribution in [3.63, 3.8) is 0 Å². The molecule has 0 aliphatic heterocycles. The Morgan fingerprint density at radius 3 is 2.76 bits per heavy atom. The predicted molar refractivity (Wildman–Crippen MR) is 81.1 cm³/mol. The summed E-state index contributed by atoms with van der Waals surface area (Å²) in [5.41, 5.74) is -0.735. The molecule has 1 fully saturated rings. The van der Waals surface area contributed by atoms with Gasteiger partial charge in [-0.05, 0) is 38.0 Å². The first-order valence-corrected chi connectivity index (χ1v) is 7.58. The summed E-state index contributed by atoms with van der Waals surface area (Å²) in [5, 5.41) is 12.8. The highest BCUT2D eigenvalue weighted by Crippen LogP contribution is 2.27. The molecule has 0 bridgehead atoms. The van der Waals surface area contributed by atoms with Crippen LogP contribution in [0.3, 0.4) is 0 Å². The third-order valence-electron chi connectivity index (χ3n) is 3.76. The largest absolute Gasteiger partial charge is 0.481 e. The lowest BCUT2D eigenvalue weighted by Crippen LogP contribution is -2.52. The van der Waals surface area contributed by atoms with E-state index in [1.165, 1.54) is 0 Å². The van der Waals surface area contributed by atoms with Gasteiger partial charge in [-0.15, -0.1) is 0 Å². The van der Waals surface area contributed by atoms with Crippen LogP contribution in [0.5, 0.6) is 5.75 Å². The molecule has 1 saturated carbocycles. The van der Waals surface area contributed by atoms with Crippen LogP contribution in [0.25, 0.3) is 0 Å². The number of nitriles is 1. The van der Waals surface area contributed by atoms with Crippen molar-refractivity contribution in [2.45, 2.75) is 50.7 Å². The first kappa shape index (κ1) is 15.7. The topological polar surface area (TPSA) is 62.1 Å². The fourth-order valence-corrected chi connectivity index (χ4v) is 2.74. The zero-order valence-electron chi connectivity index (χ0n) is 12.1. The van der Waals surface area contributed by atoms with Gasteiger partial charge in [0, 0.05) is 5.02 Å². The van der Waals surface area contributed by atoms with Crippen molar-refractivity contribution in [2.75, 3.05) is 0 Å². The first-order chi connectivity index (χ1) is 10.0. The van der Waals surface area contributed by atoms with Crippen LogP contribution in [-0.2, 0) is 4.79 Å². The average molecular weight is 307 g/mol. The average Bonchev–Trinajstić information content (AvgIpc) is 2.48. The molecule has 0 spiro atoms. The summed E-state index contributed by atoms with van der Waals surface area (Å²) < 4.78 is 5.58. The van der Waals surface area contributed by atoms with Gasteiger partial charge < -0.3 is 10.1 Å². The van der Waals surface area contributed by atoms with Crippen LogP contribution in [0, 0.1) is 11.3 Å². The highest BCUT2D eigenvalue weighted by Gasteiger charge is 2.35. The van der Waals surface area contributed by atoms with Crippen LogP contribution in [0.1, 0.15) is 39.0 Å². The van der Waals surface area contributed by atoms with E-state index in [-0.39, 0.29) is 5.91 Å². The summed E-state index contributed by atoms with van der Waals surface area (Å²) in [7, 11) is 0. The maximum Gasteiger partial charge on any atom is 0.262 e. The van der Waals surface area contributed by atoms with E-state index in [2.05, 4.69) is 11.4 Å². The summed E-state index contributed by atoms with van der Waals surface area (Å²) in [5.74, 6) is 0.276. The van der Waals surface area contributed by atoms with Gasteiger partial charge in [0.05, 0.1) is 6.07 Å². The Morgan fingerprint density at radius 2 is 2.14 bits per heavy atom. The minimum absolute atomic E-state index is 0.265. The van der Waals surface area contributed by atoms with Crippen LogP contribution in [0.15, 0.2) is 24.3 Å². The van der Waals surface area contributed by atoms with Gasteiger partial charge in [0.2, 0.25) is 0 Å². The lowest BCUT2D eigenvalue weighted by molar-refractivity contribution is -0.129. The predicted octanol–water partition coefficient (Wildman–Crippen LogP) is 3.45. The molecule has 0 aromatic heterocycles. The van der Waals surface area contributed by atoms with Gasteiger partial charge >= 0.3 is 0 Å². The van der Waals surface area contributed by atoms with Crippen molar-refractivity contribution in [3.8, 4) is 11.8 Å². The Hall–Kier alpha value is -1.73. The minimum atomic E-state index is -0.735. The van der Waals surface area contributed by atoms with Gasteiger partial charge in [-0.2, -0.15) is 5.26 Å². The normalized spacial score (nSPS) is 18.3. The van der Waals surface area contributed by atoms with E-state index < -0.39 is 11.6 Å². The van der Waals surface area contributed by atoms with Crippen molar-refractivity contribution in [1.82, 2.24) is 5.32 Å². The van der Waals surface area contributed by atoms with Gasteiger partial charge in [-0.25, -0.2) is 0 Å². The van der Waals surface area contributed by atoms with Crippen LogP contribution < -0.4 is 10.1 Å². The standard InChI is InChI=1S/C16H19ClN2O2/c1-12(21-14-7-5-6-13(17)10-14)15(20)19-16(11-18)8-3-2-4-9-16/h5-7,10,12H,2-4,8-9H2,1H3,(H,19,20)/t12-/m0/s1. The Kier molecular flexibility index (Phi) is 5.08.